The van der Waals surface area contributed by atoms with Gasteiger partial charge in [-0.15, -0.1) is 0 Å². The molecule has 1 saturated heterocycles. The van der Waals surface area contributed by atoms with Crippen molar-refractivity contribution >= 4 is 23.4 Å². The molecular weight excluding hydrogens is 325 g/mol. The molecule has 1 unspecified atom stereocenters. The first-order chi connectivity index (χ1) is 11.8. The second-order valence-corrected chi connectivity index (χ2v) is 6.47. The highest BCUT2D eigenvalue weighted by Gasteiger charge is 2.33. The fourth-order valence-corrected chi connectivity index (χ4v) is 2.66. The van der Waals surface area contributed by atoms with Crippen LogP contribution in [0.3, 0.4) is 0 Å². The quantitative estimate of drug-likeness (QED) is 0.814. The summed E-state index contributed by atoms with van der Waals surface area (Å²) in [6, 6.07) is 4.29. The van der Waals surface area contributed by atoms with Crippen molar-refractivity contribution in [3.63, 3.8) is 0 Å². The van der Waals surface area contributed by atoms with Crippen molar-refractivity contribution in [2.45, 2.75) is 39.7 Å². The molecule has 1 aliphatic heterocycles. The second kappa shape index (κ2) is 8.09. The van der Waals surface area contributed by atoms with Gasteiger partial charge in [-0.25, -0.2) is 4.39 Å². The van der Waals surface area contributed by atoms with E-state index >= 15 is 0 Å². The molecule has 0 radical (unpaired) electrons. The third-order valence-electron chi connectivity index (χ3n) is 4.46. The SMILES string of the molecule is CCC(C)NC(=O)C(=O)N1CC[C@H](C(=O)Nc2ccc(F)c(C)c2)C1. The molecule has 3 amide bonds. The maximum absolute atomic E-state index is 13.3. The van der Waals surface area contributed by atoms with E-state index in [1.165, 1.54) is 17.0 Å². The van der Waals surface area contributed by atoms with E-state index in [9.17, 15) is 18.8 Å². The number of benzene rings is 1. The van der Waals surface area contributed by atoms with Crippen LogP contribution >= 0.6 is 0 Å². The molecule has 0 saturated carbocycles. The van der Waals surface area contributed by atoms with E-state index in [1.807, 2.05) is 13.8 Å². The molecule has 1 aromatic carbocycles. The summed E-state index contributed by atoms with van der Waals surface area (Å²) in [5, 5.41) is 5.37. The molecule has 1 aliphatic rings. The number of carbonyl (C=O) groups is 3. The average Bonchev–Trinajstić information content (AvgIpc) is 3.07. The van der Waals surface area contributed by atoms with Crippen LogP contribution < -0.4 is 10.6 Å². The fourth-order valence-electron chi connectivity index (χ4n) is 2.66. The molecule has 0 aliphatic carbocycles. The van der Waals surface area contributed by atoms with E-state index in [4.69, 9.17) is 0 Å². The van der Waals surface area contributed by atoms with Gasteiger partial charge in [-0.2, -0.15) is 0 Å². The van der Waals surface area contributed by atoms with Crippen LogP contribution in [0.2, 0.25) is 0 Å². The van der Waals surface area contributed by atoms with E-state index in [2.05, 4.69) is 10.6 Å². The fraction of sp³-hybridized carbons (Fsp3) is 0.500. The van der Waals surface area contributed by atoms with Crippen molar-refractivity contribution in [2.24, 2.45) is 5.92 Å². The highest BCUT2D eigenvalue weighted by atomic mass is 19.1. The minimum atomic E-state index is -0.635. The number of hydrogen-bond acceptors (Lipinski definition) is 3. The lowest BCUT2D eigenvalue weighted by molar-refractivity contribution is -0.145. The van der Waals surface area contributed by atoms with Crippen LogP contribution in [0.5, 0.6) is 0 Å². The zero-order chi connectivity index (χ0) is 18.6. The van der Waals surface area contributed by atoms with Crippen LogP contribution in [0.4, 0.5) is 10.1 Å². The van der Waals surface area contributed by atoms with Crippen LogP contribution in [0.15, 0.2) is 18.2 Å². The Labute approximate surface area is 146 Å². The van der Waals surface area contributed by atoms with Crippen molar-refractivity contribution in [1.82, 2.24) is 10.2 Å². The summed E-state index contributed by atoms with van der Waals surface area (Å²) < 4.78 is 13.3. The van der Waals surface area contributed by atoms with Crippen LogP contribution in [0.25, 0.3) is 0 Å². The highest BCUT2D eigenvalue weighted by molar-refractivity contribution is 6.35. The van der Waals surface area contributed by atoms with Gasteiger partial charge in [0, 0.05) is 24.8 Å². The molecule has 2 N–H and O–H groups in total. The number of likely N-dealkylation sites (tertiary alicyclic amines) is 1. The Balaban J connectivity index is 1.90. The average molecular weight is 349 g/mol. The molecule has 25 heavy (non-hydrogen) atoms. The number of carbonyl (C=O) groups excluding carboxylic acids is 3. The van der Waals surface area contributed by atoms with Gasteiger partial charge in [0.1, 0.15) is 5.82 Å². The Morgan fingerprint density at radius 2 is 2.08 bits per heavy atom. The third kappa shape index (κ3) is 4.78. The molecule has 7 heteroatoms. The Morgan fingerprint density at radius 3 is 2.72 bits per heavy atom. The van der Waals surface area contributed by atoms with Gasteiger partial charge >= 0.3 is 11.8 Å². The molecule has 2 rings (SSSR count). The number of hydrogen-bond donors (Lipinski definition) is 2. The van der Waals surface area contributed by atoms with Crippen molar-refractivity contribution in [1.29, 1.82) is 0 Å². The number of halogens is 1. The molecule has 136 valence electrons. The molecule has 1 fully saturated rings. The predicted octanol–water partition coefficient (Wildman–Crippen LogP) is 1.84. The Bertz CT molecular complexity index is 678. The van der Waals surface area contributed by atoms with Gasteiger partial charge in [0.15, 0.2) is 0 Å². The first-order valence-corrected chi connectivity index (χ1v) is 8.48. The van der Waals surface area contributed by atoms with Crippen molar-refractivity contribution in [3.8, 4) is 0 Å². The largest absolute Gasteiger partial charge is 0.345 e. The van der Waals surface area contributed by atoms with E-state index < -0.39 is 11.8 Å². The van der Waals surface area contributed by atoms with Crippen LogP contribution in [-0.4, -0.2) is 41.8 Å². The van der Waals surface area contributed by atoms with Crippen molar-refractivity contribution < 1.29 is 18.8 Å². The van der Waals surface area contributed by atoms with Gasteiger partial charge in [0.05, 0.1) is 5.92 Å². The van der Waals surface area contributed by atoms with Crippen LogP contribution in [0.1, 0.15) is 32.3 Å². The molecule has 0 bridgehead atoms. The zero-order valence-electron chi connectivity index (χ0n) is 14.8. The predicted molar refractivity (Wildman–Crippen MR) is 92.3 cm³/mol. The standard InChI is InChI=1S/C18H24FN3O3/c1-4-12(3)20-17(24)18(25)22-8-7-13(10-22)16(23)21-14-5-6-15(19)11(2)9-14/h5-6,9,12-13H,4,7-8,10H2,1-3H3,(H,20,24)(H,21,23)/t12?,13-/m0/s1. The Kier molecular flexibility index (Phi) is 6.12. The van der Waals surface area contributed by atoms with Crippen LogP contribution in [-0.2, 0) is 14.4 Å². The topological polar surface area (TPSA) is 78.5 Å². The summed E-state index contributed by atoms with van der Waals surface area (Å²) in [7, 11) is 0. The first kappa shape index (κ1) is 18.9. The Hall–Kier alpha value is -2.44. The highest BCUT2D eigenvalue weighted by Crippen LogP contribution is 2.20. The summed E-state index contributed by atoms with van der Waals surface area (Å²) >= 11 is 0. The molecule has 0 aromatic heterocycles. The lowest BCUT2D eigenvalue weighted by Gasteiger charge is -2.18. The third-order valence-corrected chi connectivity index (χ3v) is 4.46. The second-order valence-electron chi connectivity index (χ2n) is 6.47. The number of amides is 3. The smallest absolute Gasteiger partial charge is 0.311 e. The van der Waals surface area contributed by atoms with Gasteiger partial charge in [-0.3, -0.25) is 14.4 Å². The molecular formula is C18H24FN3O3. The zero-order valence-corrected chi connectivity index (χ0v) is 14.8. The van der Waals surface area contributed by atoms with Crippen molar-refractivity contribution in [3.05, 3.63) is 29.6 Å². The van der Waals surface area contributed by atoms with Crippen molar-refractivity contribution in [2.75, 3.05) is 18.4 Å². The lowest BCUT2D eigenvalue weighted by Crippen LogP contribution is -2.45. The number of anilines is 1. The van der Waals surface area contributed by atoms with Gasteiger partial charge < -0.3 is 15.5 Å². The first-order valence-electron chi connectivity index (χ1n) is 8.48. The number of nitrogens with zero attached hydrogens (tertiary/aromatic N) is 1. The molecule has 1 aromatic rings. The van der Waals surface area contributed by atoms with E-state index in [1.54, 1.807) is 13.0 Å². The summed E-state index contributed by atoms with van der Waals surface area (Å²) in [6.45, 7) is 5.95. The maximum atomic E-state index is 13.3. The van der Waals surface area contributed by atoms with Crippen LogP contribution in [0, 0.1) is 18.7 Å². The molecule has 6 nitrogen and oxygen atoms in total. The van der Waals surface area contributed by atoms with Gasteiger partial charge in [0.25, 0.3) is 0 Å². The normalized spacial score (nSPS) is 17.9. The van der Waals surface area contributed by atoms with E-state index in [0.29, 0.717) is 24.2 Å². The summed E-state index contributed by atoms with van der Waals surface area (Å²) in [6.07, 6.45) is 1.23. The summed E-state index contributed by atoms with van der Waals surface area (Å²) in [5.74, 6) is -2.19. The molecule has 0 spiro atoms. The summed E-state index contributed by atoms with van der Waals surface area (Å²) in [5.41, 5.74) is 0.964. The summed E-state index contributed by atoms with van der Waals surface area (Å²) in [4.78, 5) is 37.8. The maximum Gasteiger partial charge on any atom is 0.311 e. The Morgan fingerprint density at radius 1 is 1.36 bits per heavy atom. The minimum Gasteiger partial charge on any atom is -0.345 e. The molecule has 1 heterocycles. The van der Waals surface area contributed by atoms with E-state index in [0.717, 1.165) is 6.42 Å². The van der Waals surface area contributed by atoms with Gasteiger partial charge in [0.2, 0.25) is 5.91 Å². The van der Waals surface area contributed by atoms with Gasteiger partial charge in [-0.1, -0.05) is 6.92 Å². The number of aryl methyl sites for hydroxylation is 1. The van der Waals surface area contributed by atoms with E-state index in [-0.39, 0.29) is 30.2 Å². The monoisotopic (exact) mass is 349 g/mol. The minimum absolute atomic E-state index is 0.0696. The number of rotatable bonds is 4. The lowest BCUT2D eigenvalue weighted by atomic mass is 10.1. The molecule has 2 atom stereocenters. The van der Waals surface area contributed by atoms with Gasteiger partial charge in [-0.05, 0) is 50.5 Å². The number of nitrogens with one attached hydrogen (secondary N) is 2.